The van der Waals surface area contributed by atoms with E-state index in [1.165, 1.54) is 0 Å². The summed E-state index contributed by atoms with van der Waals surface area (Å²) in [6, 6.07) is 0. The first-order chi connectivity index (χ1) is 7.49. The topological polar surface area (TPSA) is 52.6 Å². The van der Waals surface area contributed by atoms with Crippen LogP contribution in [0, 0.1) is 5.92 Å². The van der Waals surface area contributed by atoms with Crippen LogP contribution in [0.25, 0.3) is 0 Å². The number of hydrogen-bond acceptors (Lipinski definition) is 3. The molecule has 0 spiro atoms. The van der Waals surface area contributed by atoms with Gasteiger partial charge in [0.25, 0.3) is 0 Å². The van der Waals surface area contributed by atoms with Crippen molar-refractivity contribution in [1.29, 1.82) is 0 Å². The van der Waals surface area contributed by atoms with Crippen LogP contribution in [0.2, 0.25) is 0 Å². The molecule has 4 nitrogen and oxygen atoms in total. The summed E-state index contributed by atoms with van der Waals surface area (Å²) in [5.41, 5.74) is -0.224. The summed E-state index contributed by atoms with van der Waals surface area (Å²) >= 11 is 0. The molecule has 0 aromatic carbocycles. The lowest BCUT2D eigenvalue weighted by molar-refractivity contribution is -0.128. The highest BCUT2D eigenvalue weighted by Gasteiger charge is 2.33. The van der Waals surface area contributed by atoms with Gasteiger partial charge in [-0.15, -0.1) is 0 Å². The van der Waals surface area contributed by atoms with Gasteiger partial charge in [0.05, 0.1) is 13.2 Å². The largest absolute Gasteiger partial charge is 0.394 e. The number of carbonyl (C=O) groups is 1. The molecule has 0 atom stereocenters. The molecule has 1 fully saturated rings. The molecule has 1 saturated carbocycles. The highest BCUT2D eigenvalue weighted by molar-refractivity contribution is 5.77. The monoisotopic (exact) mass is 228 g/mol. The van der Waals surface area contributed by atoms with Gasteiger partial charge in [0.2, 0.25) is 5.91 Å². The quantitative estimate of drug-likeness (QED) is 0.741. The van der Waals surface area contributed by atoms with Crippen molar-refractivity contribution in [3.63, 3.8) is 0 Å². The molecule has 0 saturated heterocycles. The van der Waals surface area contributed by atoms with Crippen LogP contribution in [0.3, 0.4) is 0 Å². The summed E-state index contributed by atoms with van der Waals surface area (Å²) in [6.45, 7) is 2.69. The zero-order valence-electron chi connectivity index (χ0n) is 10.6. The van der Waals surface area contributed by atoms with Gasteiger partial charge in [0.15, 0.2) is 0 Å². The average Bonchev–Trinajstić information content (AvgIpc) is 2.28. The number of aliphatic hydroxyl groups excluding tert-OH is 1. The number of amides is 1. The Morgan fingerprint density at radius 3 is 2.44 bits per heavy atom. The maximum absolute atomic E-state index is 11.5. The smallest absolute Gasteiger partial charge is 0.236 e. The number of aliphatic hydroxyl groups is 1. The van der Waals surface area contributed by atoms with Gasteiger partial charge < -0.3 is 15.3 Å². The molecule has 16 heavy (non-hydrogen) atoms. The number of nitrogens with one attached hydrogen (secondary N) is 1. The van der Waals surface area contributed by atoms with Crippen molar-refractivity contribution in [3.05, 3.63) is 0 Å². The number of nitrogens with zero attached hydrogens (tertiary/aromatic N) is 1. The lowest BCUT2D eigenvalue weighted by Gasteiger charge is -2.39. The number of likely N-dealkylation sites (N-methyl/N-ethyl adjacent to an activating group) is 1. The van der Waals surface area contributed by atoms with Crippen LogP contribution in [0.5, 0.6) is 0 Å². The third-order valence-electron chi connectivity index (χ3n) is 3.65. The van der Waals surface area contributed by atoms with E-state index in [-0.39, 0.29) is 18.1 Å². The predicted molar refractivity (Wildman–Crippen MR) is 64.1 cm³/mol. The fourth-order valence-corrected chi connectivity index (χ4v) is 2.13. The Hall–Kier alpha value is -0.610. The van der Waals surface area contributed by atoms with E-state index >= 15 is 0 Å². The van der Waals surface area contributed by atoms with E-state index < -0.39 is 0 Å². The highest BCUT2D eigenvalue weighted by Crippen LogP contribution is 2.31. The molecule has 0 aromatic rings. The summed E-state index contributed by atoms with van der Waals surface area (Å²) in [5, 5.41) is 12.7. The minimum atomic E-state index is -0.224. The lowest BCUT2D eigenvalue weighted by Crippen LogP contribution is -2.53. The van der Waals surface area contributed by atoms with E-state index in [0.29, 0.717) is 6.54 Å². The van der Waals surface area contributed by atoms with Crippen molar-refractivity contribution >= 4 is 5.91 Å². The van der Waals surface area contributed by atoms with Crippen LogP contribution in [0.15, 0.2) is 0 Å². The Kier molecular flexibility index (Phi) is 4.74. The molecular weight excluding hydrogens is 204 g/mol. The molecule has 94 valence electrons. The third kappa shape index (κ3) is 3.46. The molecule has 0 aliphatic heterocycles. The minimum absolute atomic E-state index is 0.0615. The van der Waals surface area contributed by atoms with E-state index in [9.17, 15) is 9.90 Å². The van der Waals surface area contributed by atoms with Crippen LogP contribution < -0.4 is 5.32 Å². The minimum Gasteiger partial charge on any atom is -0.394 e. The number of carbonyl (C=O) groups excluding carboxylic acids is 1. The molecule has 1 amide bonds. The Morgan fingerprint density at radius 2 is 2.00 bits per heavy atom. The molecule has 0 radical (unpaired) electrons. The van der Waals surface area contributed by atoms with Gasteiger partial charge in [-0.2, -0.15) is 0 Å². The van der Waals surface area contributed by atoms with E-state index in [1.54, 1.807) is 19.0 Å². The van der Waals surface area contributed by atoms with E-state index in [2.05, 4.69) is 12.2 Å². The Labute approximate surface area is 98.0 Å². The fourth-order valence-electron chi connectivity index (χ4n) is 2.13. The second kappa shape index (κ2) is 5.64. The third-order valence-corrected chi connectivity index (χ3v) is 3.65. The van der Waals surface area contributed by atoms with Gasteiger partial charge in [0.1, 0.15) is 0 Å². The maximum Gasteiger partial charge on any atom is 0.236 e. The van der Waals surface area contributed by atoms with Crippen LogP contribution in [-0.4, -0.2) is 48.7 Å². The second-order valence-electron chi connectivity index (χ2n) is 5.26. The zero-order chi connectivity index (χ0) is 12.2. The standard InChI is InChI=1S/C12H24N2O2/c1-10-4-6-12(9-15,7-5-10)13-8-11(16)14(2)3/h10,13,15H,4-9H2,1-3H3. The molecule has 1 aliphatic rings. The highest BCUT2D eigenvalue weighted by atomic mass is 16.3. The molecule has 0 bridgehead atoms. The van der Waals surface area contributed by atoms with Crippen LogP contribution in [0.1, 0.15) is 32.6 Å². The molecular formula is C12H24N2O2. The fraction of sp³-hybridized carbons (Fsp3) is 0.917. The van der Waals surface area contributed by atoms with Crippen molar-refractivity contribution in [1.82, 2.24) is 10.2 Å². The molecule has 1 aliphatic carbocycles. The summed E-state index contributed by atoms with van der Waals surface area (Å²) in [6.07, 6.45) is 4.18. The molecule has 0 aromatic heterocycles. The SMILES string of the molecule is CC1CCC(CO)(NCC(=O)N(C)C)CC1. The first-order valence-corrected chi connectivity index (χ1v) is 6.05. The van der Waals surface area contributed by atoms with Crippen molar-refractivity contribution in [2.45, 2.75) is 38.1 Å². The van der Waals surface area contributed by atoms with E-state index in [1.807, 2.05) is 0 Å². The van der Waals surface area contributed by atoms with Crippen LogP contribution >= 0.6 is 0 Å². The Balaban J connectivity index is 2.45. The van der Waals surface area contributed by atoms with Crippen molar-refractivity contribution in [3.8, 4) is 0 Å². The van der Waals surface area contributed by atoms with Crippen LogP contribution in [-0.2, 0) is 4.79 Å². The van der Waals surface area contributed by atoms with Gasteiger partial charge in [-0.1, -0.05) is 6.92 Å². The van der Waals surface area contributed by atoms with Crippen LogP contribution in [0.4, 0.5) is 0 Å². The van der Waals surface area contributed by atoms with E-state index in [4.69, 9.17) is 0 Å². The summed E-state index contributed by atoms with van der Waals surface area (Å²) < 4.78 is 0. The Morgan fingerprint density at radius 1 is 1.44 bits per heavy atom. The maximum atomic E-state index is 11.5. The van der Waals surface area contributed by atoms with Gasteiger partial charge in [-0.25, -0.2) is 0 Å². The summed E-state index contributed by atoms with van der Waals surface area (Å²) in [5.74, 6) is 0.803. The zero-order valence-corrected chi connectivity index (χ0v) is 10.6. The summed E-state index contributed by atoms with van der Waals surface area (Å²) in [7, 11) is 3.50. The lowest BCUT2D eigenvalue weighted by atomic mass is 9.77. The second-order valence-corrected chi connectivity index (χ2v) is 5.26. The molecule has 2 N–H and O–H groups in total. The van der Waals surface area contributed by atoms with Gasteiger partial charge in [-0.3, -0.25) is 4.79 Å². The van der Waals surface area contributed by atoms with Crippen molar-refractivity contribution in [2.75, 3.05) is 27.2 Å². The number of rotatable bonds is 4. The first kappa shape index (κ1) is 13.5. The summed E-state index contributed by atoms with van der Waals surface area (Å²) in [4.78, 5) is 13.1. The van der Waals surface area contributed by atoms with Crippen molar-refractivity contribution < 1.29 is 9.90 Å². The predicted octanol–water partition coefficient (Wildman–Crippen LogP) is 0.605. The normalized spacial score (nSPS) is 30.1. The molecule has 1 rings (SSSR count). The van der Waals surface area contributed by atoms with Gasteiger partial charge in [0, 0.05) is 19.6 Å². The molecule has 0 heterocycles. The molecule has 4 heteroatoms. The van der Waals surface area contributed by atoms with Gasteiger partial charge in [-0.05, 0) is 31.6 Å². The average molecular weight is 228 g/mol. The first-order valence-electron chi connectivity index (χ1n) is 6.05. The number of hydrogen-bond donors (Lipinski definition) is 2. The Bertz CT molecular complexity index is 233. The van der Waals surface area contributed by atoms with Gasteiger partial charge >= 0.3 is 0 Å². The van der Waals surface area contributed by atoms with Crippen molar-refractivity contribution in [2.24, 2.45) is 5.92 Å². The van der Waals surface area contributed by atoms with E-state index in [0.717, 1.165) is 31.6 Å². The molecule has 0 unspecified atom stereocenters.